The molecular formula is C18H22N6O3. The van der Waals surface area contributed by atoms with E-state index in [0.29, 0.717) is 28.5 Å². The summed E-state index contributed by atoms with van der Waals surface area (Å²) in [5.74, 6) is 0.0174. The van der Waals surface area contributed by atoms with Crippen LogP contribution in [0.1, 0.15) is 23.2 Å². The molecule has 0 unspecified atom stereocenters. The predicted octanol–water partition coefficient (Wildman–Crippen LogP) is 1.64. The van der Waals surface area contributed by atoms with E-state index < -0.39 is 0 Å². The number of hydrogen-bond acceptors (Lipinski definition) is 7. The van der Waals surface area contributed by atoms with Gasteiger partial charge in [-0.2, -0.15) is 0 Å². The molecule has 4 N–H and O–H groups in total. The van der Waals surface area contributed by atoms with Crippen LogP contribution in [0, 0.1) is 5.92 Å². The number of hydrazine groups is 1. The number of aromatic nitrogens is 2. The Morgan fingerprint density at radius 2 is 1.93 bits per heavy atom. The fourth-order valence-electron chi connectivity index (χ4n) is 2.45. The van der Waals surface area contributed by atoms with E-state index in [9.17, 15) is 9.59 Å². The Labute approximate surface area is 156 Å². The highest BCUT2D eigenvalue weighted by molar-refractivity contribution is 5.98. The summed E-state index contributed by atoms with van der Waals surface area (Å²) in [5, 5.41) is 6.18. The number of nitrogens with one attached hydrogen (secondary N) is 4. The van der Waals surface area contributed by atoms with Gasteiger partial charge in [-0.05, 0) is 30.9 Å². The summed E-state index contributed by atoms with van der Waals surface area (Å²) in [6, 6.07) is 5.38. The van der Waals surface area contributed by atoms with Crippen LogP contribution in [-0.2, 0) is 9.53 Å². The average Bonchev–Trinajstić information content (AvgIpc) is 3.50. The number of carbonyl (C=O) groups is 2. The lowest BCUT2D eigenvalue weighted by atomic mass is 10.2. The maximum Gasteiger partial charge on any atom is 0.272 e. The first-order valence-electron chi connectivity index (χ1n) is 8.64. The first kappa shape index (κ1) is 18.6. The average molecular weight is 370 g/mol. The number of para-hydroxylation sites is 1. The summed E-state index contributed by atoms with van der Waals surface area (Å²) in [4.78, 5) is 31.8. The van der Waals surface area contributed by atoms with Gasteiger partial charge < -0.3 is 15.4 Å². The third-order valence-corrected chi connectivity index (χ3v) is 4.01. The van der Waals surface area contributed by atoms with E-state index in [0.717, 1.165) is 6.54 Å². The van der Waals surface area contributed by atoms with E-state index >= 15 is 0 Å². The van der Waals surface area contributed by atoms with Crippen LogP contribution in [0.3, 0.4) is 0 Å². The molecule has 3 rings (SSSR count). The standard InChI is InChI=1S/C18H22N6O3/c1-27-10-16(25)22-14-3-2-4-15(17(14)21-7-12-5-6-12)23-24-18(26)13-8-19-11-20-9-13/h2-4,8-9,11-12,21,23H,5-7,10H2,1H3,(H,22,25)(H,24,26). The van der Waals surface area contributed by atoms with Crippen molar-refractivity contribution in [3.8, 4) is 0 Å². The molecule has 27 heavy (non-hydrogen) atoms. The van der Waals surface area contributed by atoms with E-state index in [1.54, 1.807) is 12.1 Å². The third-order valence-electron chi connectivity index (χ3n) is 4.01. The minimum Gasteiger partial charge on any atom is -0.381 e. The molecule has 1 aliphatic rings. The highest BCUT2D eigenvalue weighted by Gasteiger charge is 2.22. The molecule has 9 nitrogen and oxygen atoms in total. The summed E-state index contributed by atoms with van der Waals surface area (Å²) in [6.07, 6.45) is 6.60. The highest BCUT2D eigenvalue weighted by Crippen LogP contribution is 2.34. The number of benzene rings is 1. The second-order valence-corrected chi connectivity index (χ2v) is 6.24. The molecule has 142 valence electrons. The molecule has 0 radical (unpaired) electrons. The van der Waals surface area contributed by atoms with Crippen molar-refractivity contribution in [3.63, 3.8) is 0 Å². The Bertz CT molecular complexity index is 795. The molecule has 1 aliphatic carbocycles. The minimum absolute atomic E-state index is 0.0372. The van der Waals surface area contributed by atoms with E-state index in [1.807, 2.05) is 6.07 Å². The number of anilines is 3. The van der Waals surface area contributed by atoms with Crippen LogP contribution in [0.4, 0.5) is 17.1 Å². The van der Waals surface area contributed by atoms with Crippen LogP contribution < -0.4 is 21.5 Å². The van der Waals surface area contributed by atoms with Crippen LogP contribution in [-0.4, -0.2) is 42.0 Å². The number of nitrogens with zero attached hydrogens (tertiary/aromatic N) is 2. The van der Waals surface area contributed by atoms with E-state index in [-0.39, 0.29) is 18.4 Å². The Morgan fingerprint density at radius 3 is 2.63 bits per heavy atom. The molecule has 2 aromatic rings. The smallest absolute Gasteiger partial charge is 0.272 e. The molecule has 0 aliphatic heterocycles. The normalized spacial score (nSPS) is 12.9. The van der Waals surface area contributed by atoms with Crippen molar-refractivity contribution in [2.75, 3.05) is 36.3 Å². The summed E-state index contributed by atoms with van der Waals surface area (Å²) < 4.78 is 4.87. The fourth-order valence-corrected chi connectivity index (χ4v) is 2.45. The lowest BCUT2D eigenvalue weighted by Crippen LogP contribution is -2.30. The van der Waals surface area contributed by atoms with E-state index in [1.165, 1.54) is 38.7 Å². The van der Waals surface area contributed by atoms with Crippen LogP contribution >= 0.6 is 0 Å². The second kappa shape index (κ2) is 8.95. The molecule has 1 heterocycles. The van der Waals surface area contributed by atoms with Crippen molar-refractivity contribution in [2.24, 2.45) is 5.92 Å². The summed E-state index contributed by atoms with van der Waals surface area (Å²) >= 11 is 0. The Kier molecular flexibility index (Phi) is 6.16. The first-order chi connectivity index (χ1) is 13.2. The van der Waals surface area contributed by atoms with Gasteiger partial charge in [-0.15, -0.1) is 0 Å². The van der Waals surface area contributed by atoms with Crippen LogP contribution in [0.5, 0.6) is 0 Å². The second-order valence-electron chi connectivity index (χ2n) is 6.24. The zero-order chi connectivity index (χ0) is 19.1. The molecule has 0 bridgehead atoms. The molecule has 1 fully saturated rings. The third kappa shape index (κ3) is 5.38. The van der Waals surface area contributed by atoms with Gasteiger partial charge in [-0.3, -0.25) is 20.4 Å². The Morgan fingerprint density at radius 1 is 1.19 bits per heavy atom. The van der Waals surface area contributed by atoms with Crippen LogP contribution in [0.2, 0.25) is 0 Å². The Hall–Kier alpha value is -3.20. The zero-order valence-corrected chi connectivity index (χ0v) is 15.0. The quantitative estimate of drug-likeness (QED) is 0.496. The van der Waals surface area contributed by atoms with Gasteiger partial charge in [0.05, 0.1) is 22.6 Å². The fraction of sp³-hybridized carbons (Fsp3) is 0.333. The Balaban J connectivity index is 1.73. The lowest BCUT2D eigenvalue weighted by Gasteiger charge is -2.18. The number of rotatable bonds is 9. The minimum atomic E-state index is -0.363. The molecule has 9 heteroatoms. The van der Waals surface area contributed by atoms with Crippen LogP contribution in [0.25, 0.3) is 0 Å². The molecule has 0 spiro atoms. The molecule has 1 aromatic heterocycles. The molecule has 2 amide bonds. The number of carbonyl (C=O) groups excluding carboxylic acids is 2. The van der Waals surface area contributed by atoms with Crippen LogP contribution in [0.15, 0.2) is 36.9 Å². The number of methoxy groups -OCH3 is 1. The predicted molar refractivity (Wildman–Crippen MR) is 101 cm³/mol. The SMILES string of the molecule is COCC(=O)Nc1cccc(NNC(=O)c2cncnc2)c1NCC1CC1. The maximum atomic E-state index is 12.2. The highest BCUT2D eigenvalue weighted by atomic mass is 16.5. The largest absolute Gasteiger partial charge is 0.381 e. The number of ether oxygens (including phenoxy) is 1. The first-order valence-corrected chi connectivity index (χ1v) is 8.64. The van der Waals surface area contributed by atoms with Crippen molar-refractivity contribution < 1.29 is 14.3 Å². The molecule has 1 saturated carbocycles. The lowest BCUT2D eigenvalue weighted by molar-refractivity contribution is -0.119. The van der Waals surface area contributed by atoms with Crippen molar-refractivity contribution in [1.29, 1.82) is 0 Å². The molecule has 0 saturated heterocycles. The van der Waals surface area contributed by atoms with Gasteiger partial charge in [-0.1, -0.05) is 6.07 Å². The van der Waals surface area contributed by atoms with E-state index in [2.05, 4.69) is 31.5 Å². The van der Waals surface area contributed by atoms with Gasteiger partial charge in [0.25, 0.3) is 5.91 Å². The number of amides is 2. The van der Waals surface area contributed by atoms with Gasteiger partial charge in [0.1, 0.15) is 12.9 Å². The molecule has 1 aromatic carbocycles. The molecule has 0 atom stereocenters. The van der Waals surface area contributed by atoms with Gasteiger partial charge >= 0.3 is 0 Å². The van der Waals surface area contributed by atoms with Crippen molar-refractivity contribution >= 4 is 28.9 Å². The van der Waals surface area contributed by atoms with Gasteiger partial charge in [-0.25, -0.2) is 9.97 Å². The molecular weight excluding hydrogens is 348 g/mol. The summed E-state index contributed by atoms with van der Waals surface area (Å²) in [5.41, 5.74) is 7.81. The maximum absolute atomic E-state index is 12.2. The van der Waals surface area contributed by atoms with Gasteiger partial charge in [0, 0.05) is 26.0 Å². The topological polar surface area (TPSA) is 117 Å². The summed E-state index contributed by atoms with van der Waals surface area (Å²) in [6.45, 7) is 0.761. The van der Waals surface area contributed by atoms with Crippen molar-refractivity contribution in [3.05, 3.63) is 42.5 Å². The van der Waals surface area contributed by atoms with Crippen molar-refractivity contribution in [1.82, 2.24) is 15.4 Å². The number of hydrogen-bond donors (Lipinski definition) is 4. The van der Waals surface area contributed by atoms with Crippen molar-refractivity contribution in [2.45, 2.75) is 12.8 Å². The van der Waals surface area contributed by atoms with Gasteiger partial charge in [0.15, 0.2) is 0 Å². The van der Waals surface area contributed by atoms with Gasteiger partial charge in [0.2, 0.25) is 5.91 Å². The van der Waals surface area contributed by atoms with E-state index in [4.69, 9.17) is 4.74 Å². The monoisotopic (exact) mass is 370 g/mol. The summed E-state index contributed by atoms with van der Waals surface area (Å²) in [7, 11) is 1.46. The zero-order valence-electron chi connectivity index (χ0n) is 15.0.